The number of urea groups is 1. The van der Waals surface area contributed by atoms with Crippen molar-refractivity contribution in [2.24, 2.45) is 0 Å². The molecule has 0 unspecified atom stereocenters. The molecule has 2 heterocycles. The third-order valence-corrected chi connectivity index (χ3v) is 5.42. The molecule has 0 spiro atoms. The molecule has 3 rings (SSSR count). The van der Waals surface area contributed by atoms with Crippen LogP contribution in [0.1, 0.15) is 48.7 Å². The van der Waals surface area contributed by atoms with Crippen molar-refractivity contribution in [3.05, 3.63) is 51.8 Å². The number of hydrogen-bond acceptors (Lipinski definition) is 6. The summed E-state index contributed by atoms with van der Waals surface area (Å²) in [5, 5.41) is 24.7. The van der Waals surface area contributed by atoms with Crippen molar-refractivity contribution in [3.8, 4) is 6.07 Å². The van der Waals surface area contributed by atoms with Gasteiger partial charge in [-0.15, -0.1) is 0 Å². The number of amides is 2. The Morgan fingerprint density at radius 3 is 2.93 bits per heavy atom. The number of aromatic nitrogens is 2. The van der Waals surface area contributed by atoms with Gasteiger partial charge in [-0.05, 0) is 43.0 Å². The molecule has 1 aromatic heterocycles. The molecule has 9 heteroatoms. The van der Waals surface area contributed by atoms with Crippen molar-refractivity contribution in [2.45, 2.75) is 45.3 Å². The standard InChI is InChI=1S/C21H25ClN6O2/c1-3-18(14-4-5-15(9-23)17(22)8-14)27-21(30)28-7-6-16-10-24-20(25-13(2)12-29)26-19(16)11-28/h4-5,8,10,13,18,29H,3,6-7,11-12H2,1-2H3,(H,27,30)(H,24,25,26)/t13-,18+/m0/s1. The smallest absolute Gasteiger partial charge is 0.318 e. The van der Waals surface area contributed by atoms with Crippen molar-refractivity contribution >= 4 is 23.6 Å². The molecule has 0 saturated heterocycles. The Labute approximate surface area is 180 Å². The zero-order chi connectivity index (χ0) is 21.7. The summed E-state index contributed by atoms with van der Waals surface area (Å²) < 4.78 is 0. The molecule has 1 aliphatic heterocycles. The van der Waals surface area contributed by atoms with Gasteiger partial charge in [0.1, 0.15) is 6.07 Å². The van der Waals surface area contributed by atoms with Gasteiger partial charge in [-0.3, -0.25) is 0 Å². The lowest BCUT2D eigenvalue weighted by atomic mass is 10.0. The summed E-state index contributed by atoms with van der Waals surface area (Å²) in [5.74, 6) is 0.441. The van der Waals surface area contributed by atoms with Crippen LogP contribution in [0, 0.1) is 11.3 Å². The molecule has 0 saturated carbocycles. The number of aliphatic hydroxyl groups is 1. The van der Waals surface area contributed by atoms with Crippen molar-refractivity contribution in [1.82, 2.24) is 20.2 Å². The third kappa shape index (κ3) is 4.99. The third-order valence-electron chi connectivity index (χ3n) is 5.10. The van der Waals surface area contributed by atoms with E-state index in [1.165, 1.54) is 0 Å². The highest BCUT2D eigenvalue weighted by atomic mass is 35.5. The van der Waals surface area contributed by atoms with Crippen LogP contribution in [0.15, 0.2) is 24.4 Å². The Bertz CT molecular complexity index is 961. The second kappa shape index (κ2) is 9.74. The van der Waals surface area contributed by atoms with E-state index >= 15 is 0 Å². The molecule has 0 aliphatic carbocycles. The first kappa shape index (κ1) is 21.8. The predicted octanol–water partition coefficient (Wildman–Crippen LogP) is 3.01. The number of hydrogen-bond donors (Lipinski definition) is 3. The first-order chi connectivity index (χ1) is 14.4. The van der Waals surface area contributed by atoms with Gasteiger partial charge in [-0.25, -0.2) is 14.8 Å². The van der Waals surface area contributed by atoms with Gasteiger partial charge >= 0.3 is 6.03 Å². The number of rotatable bonds is 6. The van der Waals surface area contributed by atoms with Gasteiger partial charge in [0.05, 0.1) is 35.5 Å². The Balaban J connectivity index is 1.69. The van der Waals surface area contributed by atoms with E-state index in [1.807, 2.05) is 26.0 Å². The normalized spacial score (nSPS) is 15.0. The minimum atomic E-state index is -0.211. The number of nitrogens with one attached hydrogen (secondary N) is 2. The van der Waals surface area contributed by atoms with Gasteiger partial charge < -0.3 is 20.6 Å². The van der Waals surface area contributed by atoms with E-state index < -0.39 is 0 Å². The van der Waals surface area contributed by atoms with Crippen molar-refractivity contribution < 1.29 is 9.90 Å². The van der Waals surface area contributed by atoms with E-state index in [4.69, 9.17) is 16.9 Å². The van der Waals surface area contributed by atoms with Gasteiger partial charge in [0.25, 0.3) is 0 Å². The van der Waals surface area contributed by atoms with E-state index in [0.717, 1.165) is 16.8 Å². The summed E-state index contributed by atoms with van der Waals surface area (Å²) in [7, 11) is 0. The molecule has 2 atom stereocenters. The zero-order valence-electron chi connectivity index (χ0n) is 17.0. The lowest BCUT2D eigenvalue weighted by Gasteiger charge is -2.30. The van der Waals surface area contributed by atoms with Crippen LogP contribution in [0.2, 0.25) is 5.02 Å². The van der Waals surface area contributed by atoms with Crippen LogP contribution in [-0.4, -0.2) is 45.2 Å². The van der Waals surface area contributed by atoms with Crippen molar-refractivity contribution in [2.75, 3.05) is 18.5 Å². The molecular formula is C21H25ClN6O2. The van der Waals surface area contributed by atoms with E-state index in [2.05, 4.69) is 20.6 Å². The fourth-order valence-electron chi connectivity index (χ4n) is 3.31. The molecule has 30 heavy (non-hydrogen) atoms. The number of benzene rings is 1. The van der Waals surface area contributed by atoms with Gasteiger partial charge in [0.15, 0.2) is 0 Å². The van der Waals surface area contributed by atoms with Gasteiger partial charge in [-0.2, -0.15) is 5.26 Å². The first-order valence-corrected chi connectivity index (χ1v) is 10.3. The van der Waals surface area contributed by atoms with Crippen LogP contribution >= 0.6 is 11.6 Å². The van der Waals surface area contributed by atoms with Crippen LogP contribution in [0.25, 0.3) is 0 Å². The summed E-state index contributed by atoms with van der Waals surface area (Å²) in [6, 6.07) is 6.71. The summed E-state index contributed by atoms with van der Waals surface area (Å²) in [5.41, 5.74) is 3.09. The van der Waals surface area contributed by atoms with Crippen molar-refractivity contribution in [1.29, 1.82) is 5.26 Å². The fraction of sp³-hybridized carbons (Fsp3) is 0.429. The molecule has 158 valence electrons. The average molecular weight is 429 g/mol. The summed E-state index contributed by atoms with van der Waals surface area (Å²) >= 11 is 6.15. The molecule has 0 fully saturated rings. The monoisotopic (exact) mass is 428 g/mol. The number of carbonyl (C=O) groups is 1. The minimum Gasteiger partial charge on any atom is -0.394 e. The molecule has 0 radical (unpaired) electrons. The molecule has 0 bridgehead atoms. The maximum Gasteiger partial charge on any atom is 0.318 e. The Morgan fingerprint density at radius 2 is 2.27 bits per heavy atom. The van der Waals surface area contributed by atoms with Gasteiger partial charge in [0.2, 0.25) is 5.95 Å². The number of fused-ring (bicyclic) bond motifs is 1. The van der Waals surface area contributed by atoms with E-state index in [1.54, 1.807) is 23.2 Å². The number of nitrogens with zero attached hydrogens (tertiary/aromatic N) is 4. The lowest BCUT2D eigenvalue weighted by molar-refractivity contribution is 0.187. The van der Waals surface area contributed by atoms with Crippen LogP contribution in [0.5, 0.6) is 0 Å². The molecule has 1 aromatic carbocycles. The number of anilines is 1. The highest BCUT2D eigenvalue weighted by molar-refractivity contribution is 6.31. The quantitative estimate of drug-likeness (QED) is 0.651. The average Bonchev–Trinajstić information content (AvgIpc) is 2.76. The molecular weight excluding hydrogens is 404 g/mol. The fourth-order valence-corrected chi connectivity index (χ4v) is 3.54. The van der Waals surface area contributed by atoms with Crippen LogP contribution in [-0.2, 0) is 13.0 Å². The number of halogens is 1. The largest absolute Gasteiger partial charge is 0.394 e. The molecule has 1 aliphatic rings. The highest BCUT2D eigenvalue weighted by Gasteiger charge is 2.24. The molecule has 3 N–H and O–H groups in total. The topological polar surface area (TPSA) is 114 Å². The Morgan fingerprint density at radius 1 is 1.47 bits per heavy atom. The first-order valence-electron chi connectivity index (χ1n) is 9.92. The van der Waals surface area contributed by atoms with Crippen LogP contribution in [0.4, 0.5) is 10.7 Å². The predicted molar refractivity (Wildman–Crippen MR) is 114 cm³/mol. The van der Waals surface area contributed by atoms with E-state index in [-0.39, 0.29) is 24.7 Å². The maximum atomic E-state index is 12.9. The van der Waals surface area contributed by atoms with Gasteiger partial charge in [0, 0.05) is 18.8 Å². The number of nitriles is 1. The van der Waals surface area contributed by atoms with Crippen LogP contribution < -0.4 is 10.6 Å². The van der Waals surface area contributed by atoms with E-state index in [0.29, 0.717) is 42.5 Å². The summed E-state index contributed by atoms with van der Waals surface area (Å²) in [6.45, 7) is 4.76. The van der Waals surface area contributed by atoms with Gasteiger partial charge in [-0.1, -0.05) is 24.6 Å². The SMILES string of the molecule is CC[C@@H](NC(=O)N1CCc2cnc(N[C@@H](C)CO)nc2C1)c1ccc(C#N)c(Cl)c1. The number of carbonyl (C=O) groups excluding carboxylic acids is 1. The van der Waals surface area contributed by atoms with Crippen LogP contribution in [0.3, 0.4) is 0 Å². The van der Waals surface area contributed by atoms with E-state index in [9.17, 15) is 9.90 Å². The summed E-state index contributed by atoms with van der Waals surface area (Å²) in [6.07, 6.45) is 3.14. The molecule has 2 amide bonds. The molecule has 2 aromatic rings. The lowest BCUT2D eigenvalue weighted by Crippen LogP contribution is -2.44. The minimum absolute atomic E-state index is 0.0211. The second-order valence-electron chi connectivity index (χ2n) is 7.33. The second-order valence-corrected chi connectivity index (χ2v) is 7.73. The molecule has 8 nitrogen and oxygen atoms in total. The highest BCUT2D eigenvalue weighted by Crippen LogP contribution is 2.24. The van der Waals surface area contributed by atoms with Crippen molar-refractivity contribution in [3.63, 3.8) is 0 Å². The summed E-state index contributed by atoms with van der Waals surface area (Å²) in [4.78, 5) is 23.4. The number of aliphatic hydroxyl groups excluding tert-OH is 1. The Hall–Kier alpha value is -2.89. The zero-order valence-corrected chi connectivity index (χ0v) is 17.8. The Kier molecular flexibility index (Phi) is 7.08. The maximum absolute atomic E-state index is 12.9.